The van der Waals surface area contributed by atoms with E-state index in [-0.39, 0.29) is 23.9 Å². The molecule has 0 heterocycles. The summed E-state index contributed by atoms with van der Waals surface area (Å²) in [4.78, 5) is 10.3. The average molecular weight is 266 g/mol. The Kier molecular flexibility index (Phi) is 4.01. The van der Waals surface area contributed by atoms with Crippen LogP contribution in [0.4, 0.5) is 5.69 Å². The summed E-state index contributed by atoms with van der Waals surface area (Å²) < 4.78 is 11.3. The lowest BCUT2D eigenvalue weighted by Gasteiger charge is -2.41. The van der Waals surface area contributed by atoms with Gasteiger partial charge in [0.2, 0.25) is 0 Å². The van der Waals surface area contributed by atoms with E-state index in [4.69, 9.17) is 15.2 Å². The third-order valence-electron chi connectivity index (χ3n) is 3.30. The topological polar surface area (TPSA) is 87.6 Å². The van der Waals surface area contributed by atoms with Gasteiger partial charge < -0.3 is 15.2 Å². The van der Waals surface area contributed by atoms with E-state index in [1.807, 2.05) is 6.92 Å². The lowest BCUT2D eigenvalue weighted by atomic mass is 9.86. The van der Waals surface area contributed by atoms with E-state index in [2.05, 4.69) is 0 Å². The maximum Gasteiger partial charge on any atom is 0.272 e. The molecule has 1 aromatic rings. The Morgan fingerprint density at radius 1 is 1.53 bits per heavy atom. The molecule has 2 N–H and O–H groups in total. The fourth-order valence-corrected chi connectivity index (χ4v) is 2.24. The SMILES string of the molecule is CCOC1C(N)CC1Oc1ccc([N+](=O)[O-])c(C)c1. The van der Waals surface area contributed by atoms with Crippen molar-refractivity contribution in [1.29, 1.82) is 0 Å². The van der Waals surface area contributed by atoms with Crippen LogP contribution in [0, 0.1) is 17.0 Å². The Hall–Kier alpha value is -1.66. The summed E-state index contributed by atoms with van der Waals surface area (Å²) in [7, 11) is 0. The Bertz CT molecular complexity index is 478. The molecule has 6 nitrogen and oxygen atoms in total. The van der Waals surface area contributed by atoms with Gasteiger partial charge in [-0.3, -0.25) is 10.1 Å². The average Bonchev–Trinajstić information content (AvgIpc) is 2.35. The van der Waals surface area contributed by atoms with Gasteiger partial charge in [0.25, 0.3) is 5.69 Å². The molecule has 0 bridgehead atoms. The number of nitro benzene ring substituents is 1. The standard InChI is InChI=1S/C13H18N2O4/c1-3-18-13-10(14)7-12(13)19-9-4-5-11(15(16)17)8(2)6-9/h4-6,10,12-13H,3,7,14H2,1-2H3. The number of ether oxygens (including phenoxy) is 2. The van der Waals surface area contributed by atoms with Crippen LogP contribution in [0.25, 0.3) is 0 Å². The summed E-state index contributed by atoms with van der Waals surface area (Å²) in [5.74, 6) is 0.615. The Morgan fingerprint density at radius 2 is 2.26 bits per heavy atom. The summed E-state index contributed by atoms with van der Waals surface area (Å²) >= 11 is 0. The van der Waals surface area contributed by atoms with Crippen LogP contribution < -0.4 is 10.5 Å². The summed E-state index contributed by atoms with van der Waals surface area (Å²) in [5, 5.41) is 10.7. The molecular weight excluding hydrogens is 248 g/mol. The van der Waals surface area contributed by atoms with Crippen LogP contribution in [0.3, 0.4) is 0 Å². The molecule has 6 heteroatoms. The van der Waals surface area contributed by atoms with Crippen molar-refractivity contribution in [2.75, 3.05) is 6.61 Å². The molecule has 0 radical (unpaired) electrons. The highest BCUT2D eigenvalue weighted by atomic mass is 16.6. The third-order valence-corrected chi connectivity index (χ3v) is 3.30. The van der Waals surface area contributed by atoms with E-state index in [9.17, 15) is 10.1 Å². The van der Waals surface area contributed by atoms with E-state index >= 15 is 0 Å². The largest absolute Gasteiger partial charge is 0.488 e. The minimum atomic E-state index is -0.401. The number of nitro groups is 1. The monoisotopic (exact) mass is 266 g/mol. The van der Waals surface area contributed by atoms with Crippen molar-refractivity contribution in [2.45, 2.75) is 38.5 Å². The van der Waals surface area contributed by atoms with Crippen molar-refractivity contribution in [3.63, 3.8) is 0 Å². The van der Waals surface area contributed by atoms with E-state index in [0.29, 0.717) is 17.9 Å². The molecular formula is C13H18N2O4. The predicted octanol–water partition coefficient (Wildman–Crippen LogP) is 1.79. The summed E-state index contributed by atoms with van der Waals surface area (Å²) in [5.41, 5.74) is 6.53. The fraction of sp³-hybridized carbons (Fsp3) is 0.538. The summed E-state index contributed by atoms with van der Waals surface area (Å²) in [6, 6.07) is 4.74. The van der Waals surface area contributed by atoms with Crippen molar-refractivity contribution in [3.05, 3.63) is 33.9 Å². The highest BCUT2D eigenvalue weighted by Crippen LogP contribution is 2.30. The summed E-state index contributed by atoms with van der Waals surface area (Å²) in [6.07, 6.45) is 0.567. The van der Waals surface area contributed by atoms with Crippen LogP contribution in [-0.4, -0.2) is 29.8 Å². The minimum absolute atomic E-state index is 0.00379. The van der Waals surface area contributed by atoms with E-state index in [1.54, 1.807) is 19.1 Å². The molecule has 0 amide bonds. The number of aryl methyl sites for hydroxylation is 1. The van der Waals surface area contributed by atoms with Gasteiger partial charge in [-0.2, -0.15) is 0 Å². The molecule has 19 heavy (non-hydrogen) atoms. The second kappa shape index (κ2) is 5.54. The zero-order valence-electron chi connectivity index (χ0n) is 11.0. The molecule has 3 unspecified atom stereocenters. The van der Waals surface area contributed by atoms with Crippen LogP contribution >= 0.6 is 0 Å². The normalized spacial score (nSPS) is 25.7. The van der Waals surface area contributed by atoms with Crippen molar-refractivity contribution < 1.29 is 14.4 Å². The maximum atomic E-state index is 10.7. The molecule has 2 rings (SSSR count). The molecule has 104 valence electrons. The van der Waals surface area contributed by atoms with Crippen molar-refractivity contribution in [3.8, 4) is 5.75 Å². The molecule has 0 spiro atoms. The van der Waals surface area contributed by atoms with E-state index < -0.39 is 4.92 Å². The molecule has 1 fully saturated rings. The Balaban J connectivity index is 2.04. The van der Waals surface area contributed by atoms with Crippen LogP contribution in [-0.2, 0) is 4.74 Å². The Labute approximate surface area is 111 Å². The van der Waals surface area contributed by atoms with Crippen LogP contribution in [0.1, 0.15) is 18.9 Å². The quantitative estimate of drug-likeness (QED) is 0.648. The second-order valence-corrected chi connectivity index (χ2v) is 4.68. The van der Waals surface area contributed by atoms with Crippen molar-refractivity contribution in [2.24, 2.45) is 5.73 Å². The van der Waals surface area contributed by atoms with Crippen LogP contribution in [0.5, 0.6) is 5.75 Å². The molecule has 1 aliphatic rings. The first-order valence-corrected chi connectivity index (χ1v) is 6.31. The smallest absolute Gasteiger partial charge is 0.272 e. The van der Waals surface area contributed by atoms with Gasteiger partial charge in [0.15, 0.2) is 0 Å². The molecule has 0 aliphatic heterocycles. The Morgan fingerprint density at radius 3 is 2.79 bits per heavy atom. The maximum absolute atomic E-state index is 10.7. The lowest BCUT2D eigenvalue weighted by Crippen LogP contribution is -2.59. The van der Waals surface area contributed by atoms with Crippen LogP contribution in [0.15, 0.2) is 18.2 Å². The van der Waals surface area contributed by atoms with Gasteiger partial charge in [-0.25, -0.2) is 0 Å². The second-order valence-electron chi connectivity index (χ2n) is 4.68. The number of hydrogen-bond acceptors (Lipinski definition) is 5. The van der Waals surface area contributed by atoms with E-state index in [0.717, 1.165) is 6.42 Å². The highest BCUT2D eigenvalue weighted by molar-refractivity contribution is 5.44. The third kappa shape index (κ3) is 2.85. The summed E-state index contributed by atoms with van der Waals surface area (Å²) in [6.45, 7) is 4.20. The van der Waals surface area contributed by atoms with E-state index in [1.165, 1.54) is 6.07 Å². The van der Waals surface area contributed by atoms with Gasteiger partial charge >= 0.3 is 0 Å². The van der Waals surface area contributed by atoms with Gasteiger partial charge in [0, 0.05) is 30.7 Å². The predicted molar refractivity (Wildman–Crippen MR) is 70.3 cm³/mol. The molecule has 0 aromatic heterocycles. The molecule has 1 aromatic carbocycles. The first-order chi connectivity index (χ1) is 9.02. The molecule has 1 aliphatic carbocycles. The zero-order valence-corrected chi connectivity index (χ0v) is 11.0. The zero-order chi connectivity index (χ0) is 14.0. The van der Waals surface area contributed by atoms with Gasteiger partial charge in [0.05, 0.1) is 4.92 Å². The number of benzene rings is 1. The van der Waals surface area contributed by atoms with Crippen molar-refractivity contribution >= 4 is 5.69 Å². The highest BCUT2D eigenvalue weighted by Gasteiger charge is 2.41. The van der Waals surface area contributed by atoms with Crippen LogP contribution in [0.2, 0.25) is 0 Å². The fourth-order valence-electron chi connectivity index (χ4n) is 2.24. The first-order valence-electron chi connectivity index (χ1n) is 6.31. The molecule has 0 saturated heterocycles. The van der Waals surface area contributed by atoms with Gasteiger partial charge in [0.1, 0.15) is 18.0 Å². The molecule has 1 saturated carbocycles. The molecule has 3 atom stereocenters. The number of hydrogen-bond donors (Lipinski definition) is 1. The first kappa shape index (κ1) is 13.8. The number of nitrogens with zero attached hydrogens (tertiary/aromatic N) is 1. The van der Waals surface area contributed by atoms with Crippen molar-refractivity contribution in [1.82, 2.24) is 0 Å². The van der Waals surface area contributed by atoms with Gasteiger partial charge in [-0.05, 0) is 26.0 Å². The number of rotatable bonds is 5. The lowest BCUT2D eigenvalue weighted by molar-refractivity contribution is -0.385. The van der Waals surface area contributed by atoms with Gasteiger partial charge in [-0.1, -0.05) is 0 Å². The number of nitrogens with two attached hydrogens (primary N) is 1. The minimum Gasteiger partial charge on any atom is -0.488 e. The van der Waals surface area contributed by atoms with Gasteiger partial charge in [-0.15, -0.1) is 0 Å².